The lowest BCUT2D eigenvalue weighted by Crippen LogP contribution is -2.26. The van der Waals surface area contributed by atoms with Gasteiger partial charge in [0.2, 0.25) is 0 Å². The number of nitrogens with zero attached hydrogens (tertiary/aromatic N) is 3. The third-order valence-corrected chi connectivity index (χ3v) is 3.95. The van der Waals surface area contributed by atoms with Crippen molar-refractivity contribution in [2.75, 3.05) is 7.11 Å². The largest absolute Gasteiger partial charge is 0.465 e. The number of aromatic nitrogens is 3. The van der Waals surface area contributed by atoms with Crippen LogP contribution in [-0.4, -0.2) is 27.4 Å². The standard InChI is InChI=1S/C14H13ClFN3O3/c1-22-13(20)8-6-11(10(16)7-9(8)15)19-14(21)18-5-3-2-4-12(18)17-19/h6-7H,2-5H2,1H3. The number of carbonyl (C=O) groups excluding carboxylic acids is 1. The van der Waals surface area contributed by atoms with Crippen molar-refractivity contribution in [3.05, 3.63) is 44.8 Å². The molecule has 0 saturated carbocycles. The predicted octanol–water partition coefficient (Wildman–Crippen LogP) is 1.95. The van der Waals surface area contributed by atoms with Crippen molar-refractivity contribution in [2.24, 2.45) is 0 Å². The maximum atomic E-state index is 14.2. The van der Waals surface area contributed by atoms with Crippen LogP contribution in [0, 0.1) is 5.82 Å². The normalized spacial score (nSPS) is 13.8. The van der Waals surface area contributed by atoms with Gasteiger partial charge in [-0.25, -0.2) is 14.0 Å². The maximum Gasteiger partial charge on any atom is 0.350 e. The van der Waals surface area contributed by atoms with E-state index < -0.39 is 17.5 Å². The lowest BCUT2D eigenvalue weighted by molar-refractivity contribution is 0.0601. The molecule has 0 atom stereocenters. The van der Waals surface area contributed by atoms with Crippen molar-refractivity contribution in [3.8, 4) is 5.69 Å². The number of aryl methyl sites for hydroxylation is 1. The molecule has 2 heterocycles. The van der Waals surface area contributed by atoms with E-state index in [1.165, 1.54) is 17.7 Å². The summed E-state index contributed by atoms with van der Waals surface area (Å²) >= 11 is 5.85. The lowest BCUT2D eigenvalue weighted by atomic mass is 10.2. The molecule has 2 aromatic rings. The Morgan fingerprint density at radius 2 is 2.18 bits per heavy atom. The molecule has 0 spiro atoms. The van der Waals surface area contributed by atoms with Crippen LogP contribution in [0.3, 0.4) is 0 Å². The van der Waals surface area contributed by atoms with Gasteiger partial charge in [-0.2, -0.15) is 4.68 Å². The molecule has 0 aliphatic carbocycles. The molecular formula is C14H13ClFN3O3. The van der Waals surface area contributed by atoms with Gasteiger partial charge < -0.3 is 4.74 Å². The Hall–Kier alpha value is -2.15. The van der Waals surface area contributed by atoms with Crippen molar-refractivity contribution in [3.63, 3.8) is 0 Å². The molecule has 1 aromatic carbocycles. The van der Waals surface area contributed by atoms with E-state index in [0.717, 1.165) is 23.6 Å². The van der Waals surface area contributed by atoms with Gasteiger partial charge in [0.05, 0.1) is 17.7 Å². The Balaban J connectivity index is 2.18. The first-order valence-corrected chi connectivity index (χ1v) is 7.17. The summed E-state index contributed by atoms with van der Waals surface area (Å²) < 4.78 is 21.3. The van der Waals surface area contributed by atoms with E-state index in [4.69, 9.17) is 11.6 Å². The number of hydrogen-bond acceptors (Lipinski definition) is 4. The summed E-state index contributed by atoms with van der Waals surface area (Å²) in [6, 6.07) is 2.16. The molecule has 0 saturated heterocycles. The zero-order valence-corrected chi connectivity index (χ0v) is 12.6. The maximum absolute atomic E-state index is 14.2. The average Bonchev–Trinajstić information content (AvgIpc) is 2.84. The van der Waals surface area contributed by atoms with Crippen LogP contribution in [0.15, 0.2) is 16.9 Å². The summed E-state index contributed by atoms with van der Waals surface area (Å²) in [5.41, 5.74) is -0.554. The molecule has 0 amide bonds. The Kier molecular flexibility index (Phi) is 3.74. The fourth-order valence-electron chi connectivity index (χ4n) is 2.52. The van der Waals surface area contributed by atoms with Gasteiger partial charge in [-0.3, -0.25) is 4.57 Å². The van der Waals surface area contributed by atoms with Gasteiger partial charge >= 0.3 is 11.7 Å². The van der Waals surface area contributed by atoms with Crippen molar-refractivity contribution >= 4 is 17.6 Å². The summed E-state index contributed by atoms with van der Waals surface area (Å²) in [4.78, 5) is 24.0. The summed E-state index contributed by atoms with van der Waals surface area (Å²) in [7, 11) is 1.20. The van der Waals surface area contributed by atoms with Crippen LogP contribution in [0.1, 0.15) is 29.0 Å². The van der Waals surface area contributed by atoms with Gasteiger partial charge in [0.15, 0.2) is 5.82 Å². The van der Waals surface area contributed by atoms with Crippen molar-refractivity contribution in [1.29, 1.82) is 0 Å². The van der Waals surface area contributed by atoms with Gasteiger partial charge in [-0.1, -0.05) is 11.6 Å². The van der Waals surface area contributed by atoms with E-state index in [1.807, 2.05) is 0 Å². The molecule has 8 heteroatoms. The third-order valence-electron chi connectivity index (χ3n) is 3.64. The summed E-state index contributed by atoms with van der Waals surface area (Å²) in [5, 5.41) is 4.09. The molecule has 6 nitrogen and oxygen atoms in total. The SMILES string of the molecule is COC(=O)c1cc(-n2nc3n(c2=O)CCCC3)c(F)cc1Cl. The molecule has 0 radical (unpaired) electrons. The first-order valence-electron chi connectivity index (χ1n) is 6.79. The highest BCUT2D eigenvalue weighted by Crippen LogP contribution is 2.23. The second-order valence-corrected chi connectivity index (χ2v) is 5.40. The predicted molar refractivity (Wildman–Crippen MR) is 77.1 cm³/mol. The van der Waals surface area contributed by atoms with Crippen LogP contribution >= 0.6 is 11.6 Å². The molecule has 116 valence electrons. The smallest absolute Gasteiger partial charge is 0.350 e. The molecule has 0 N–H and O–H groups in total. The zero-order valence-electron chi connectivity index (χ0n) is 11.8. The summed E-state index contributed by atoms with van der Waals surface area (Å²) in [6.07, 6.45) is 2.49. The zero-order chi connectivity index (χ0) is 15.9. The summed E-state index contributed by atoms with van der Waals surface area (Å²) in [5.74, 6) is -0.816. The minimum atomic E-state index is -0.727. The van der Waals surface area contributed by atoms with Gasteiger partial charge in [0.1, 0.15) is 11.5 Å². The quantitative estimate of drug-likeness (QED) is 0.792. The summed E-state index contributed by atoms with van der Waals surface area (Å²) in [6.45, 7) is 0.563. The Labute approximate surface area is 130 Å². The highest BCUT2D eigenvalue weighted by atomic mass is 35.5. The van der Waals surface area contributed by atoms with Crippen molar-refractivity contribution < 1.29 is 13.9 Å². The average molecular weight is 326 g/mol. The van der Waals surface area contributed by atoms with E-state index in [2.05, 4.69) is 9.84 Å². The Morgan fingerprint density at radius 3 is 2.86 bits per heavy atom. The van der Waals surface area contributed by atoms with Crippen LogP contribution in [-0.2, 0) is 17.7 Å². The lowest BCUT2D eigenvalue weighted by Gasteiger charge is -2.09. The molecule has 22 heavy (non-hydrogen) atoms. The number of ether oxygens (including phenoxy) is 1. The number of fused-ring (bicyclic) bond motifs is 1. The topological polar surface area (TPSA) is 66.1 Å². The highest BCUT2D eigenvalue weighted by molar-refractivity contribution is 6.33. The number of halogens is 2. The first-order chi connectivity index (χ1) is 10.5. The second-order valence-electron chi connectivity index (χ2n) is 4.99. The van der Waals surface area contributed by atoms with E-state index in [1.54, 1.807) is 0 Å². The van der Waals surface area contributed by atoms with Crippen molar-refractivity contribution in [2.45, 2.75) is 25.8 Å². The van der Waals surface area contributed by atoms with Crippen molar-refractivity contribution in [1.82, 2.24) is 14.3 Å². The Bertz CT molecular complexity index is 812. The molecule has 1 aliphatic heterocycles. The molecule has 0 fully saturated rings. The van der Waals surface area contributed by atoms with Crippen LogP contribution in [0.25, 0.3) is 5.69 Å². The Morgan fingerprint density at radius 1 is 1.41 bits per heavy atom. The van der Waals surface area contributed by atoms with Crippen LogP contribution in [0.2, 0.25) is 5.02 Å². The molecule has 0 unspecified atom stereocenters. The van der Waals surface area contributed by atoms with Crippen LogP contribution in [0.5, 0.6) is 0 Å². The van der Waals surface area contributed by atoms with Gasteiger partial charge in [-0.15, -0.1) is 5.10 Å². The van der Waals surface area contributed by atoms with Gasteiger partial charge in [0.25, 0.3) is 0 Å². The number of rotatable bonds is 2. The van der Waals surface area contributed by atoms with Crippen LogP contribution in [0.4, 0.5) is 4.39 Å². The number of benzene rings is 1. The molecule has 1 aliphatic rings. The molecule has 0 bridgehead atoms. The van der Waals surface area contributed by atoms with E-state index in [-0.39, 0.29) is 16.3 Å². The fraction of sp³-hybridized carbons (Fsp3) is 0.357. The highest BCUT2D eigenvalue weighted by Gasteiger charge is 2.22. The second kappa shape index (κ2) is 5.57. The molecule has 1 aromatic heterocycles. The van der Waals surface area contributed by atoms with Crippen LogP contribution < -0.4 is 5.69 Å². The monoisotopic (exact) mass is 325 g/mol. The van der Waals surface area contributed by atoms with E-state index >= 15 is 0 Å². The van der Waals surface area contributed by atoms with Gasteiger partial charge in [0, 0.05) is 13.0 Å². The minimum absolute atomic E-state index is 0.0153. The third kappa shape index (κ3) is 2.31. The molecular weight excluding hydrogens is 313 g/mol. The number of carbonyl (C=O) groups is 1. The first kappa shape index (κ1) is 14.8. The number of methoxy groups -OCH3 is 1. The van der Waals surface area contributed by atoms with E-state index in [0.29, 0.717) is 18.8 Å². The number of esters is 1. The minimum Gasteiger partial charge on any atom is -0.465 e. The number of hydrogen-bond donors (Lipinski definition) is 0. The van der Waals surface area contributed by atoms with Gasteiger partial charge in [-0.05, 0) is 25.0 Å². The molecule has 3 rings (SSSR count). The van der Waals surface area contributed by atoms with E-state index in [9.17, 15) is 14.0 Å². The fourth-order valence-corrected chi connectivity index (χ4v) is 2.75.